The van der Waals surface area contributed by atoms with Gasteiger partial charge in [-0.25, -0.2) is 4.98 Å². The summed E-state index contributed by atoms with van der Waals surface area (Å²) in [5, 5.41) is 5.99. The Morgan fingerprint density at radius 2 is 2.00 bits per heavy atom. The third-order valence-corrected chi connectivity index (χ3v) is 3.27. The van der Waals surface area contributed by atoms with Gasteiger partial charge >= 0.3 is 0 Å². The fraction of sp³-hybridized carbons (Fsp3) is 0.625. The van der Waals surface area contributed by atoms with Gasteiger partial charge in [-0.2, -0.15) is 0 Å². The van der Waals surface area contributed by atoms with Crippen LogP contribution in [0, 0.1) is 0 Å². The lowest BCUT2D eigenvalue weighted by Gasteiger charge is -2.11. The first-order chi connectivity index (χ1) is 9.58. The predicted molar refractivity (Wildman–Crippen MR) is 84.3 cm³/mol. The molecule has 1 aromatic heterocycles. The van der Waals surface area contributed by atoms with E-state index in [1.54, 1.807) is 6.07 Å². The van der Waals surface area contributed by atoms with E-state index in [9.17, 15) is 4.79 Å². The van der Waals surface area contributed by atoms with E-state index in [0.717, 1.165) is 24.5 Å². The van der Waals surface area contributed by atoms with Gasteiger partial charge in [0, 0.05) is 24.8 Å². The van der Waals surface area contributed by atoms with Crippen molar-refractivity contribution in [2.45, 2.75) is 52.4 Å². The molecule has 2 N–H and O–H groups in total. The van der Waals surface area contributed by atoms with Crippen molar-refractivity contribution in [3.8, 4) is 0 Å². The zero-order valence-electron chi connectivity index (χ0n) is 13.1. The molecule has 1 heterocycles. The summed E-state index contributed by atoms with van der Waals surface area (Å²) in [6, 6.07) is 3.68. The lowest BCUT2D eigenvalue weighted by Crippen LogP contribution is -2.25. The number of hydrogen-bond acceptors (Lipinski definition) is 3. The number of carbonyl (C=O) groups excluding carboxylic acids is 1. The zero-order valence-corrected chi connectivity index (χ0v) is 13.1. The summed E-state index contributed by atoms with van der Waals surface area (Å²) in [5.74, 6) is 1.04. The lowest BCUT2D eigenvalue weighted by molar-refractivity contribution is 0.0952. The minimum Gasteiger partial charge on any atom is -0.373 e. The van der Waals surface area contributed by atoms with Crippen LogP contribution in [-0.2, 0) is 0 Å². The van der Waals surface area contributed by atoms with Crippen molar-refractivity contribution in [3.63, 3.8) is 0 Å². The molecule has 112 valence electrons. The van der Waals surface area contributed by atoms with E-state index in [1.807, 2.05) is 13.1 Å². The summed E-state index contributed by atoms with van der Waals surface area (Å²) in [5.41, 5.74) is 1.62. The van der Waals surface area contributed by atoms with Crippen LogP contribution in [0.3, 0.4) is 0 Å². The maximum Gasteiger partial charge on any atom is 0.251 e. The third kappa shape index (κ3) is 5.19. The highest BCUT2D eigenvalue weighted by molar-refractivity contribution is 5.95. The van der Waals surface area contributed by atoms with Gasteiger partial charge in [0.25, 0.3) is 5.91 Å². The van der Waals surface area contributed by atoms with Gasteiger partial charge in [0.1, 0.15) is 5.82 Å². The van der Waals surface area contributed by atoms with Crippen molar-refractivity contribution >= 4 is 11.7 Å². The number of rotatable bonds is 8. The summed E-state index contributed by atoms with van der Waals surface area (Å²) >= 11 is 0. The van der Waals surface area contributed by atoms with E-state index >= 15 is 0 Å². The number of aromatic nitrogens is 1. The molecule has 1 amide bonds. The fourth-order valence-electron chi connectivity index (χ4n) is 1.96. The van der Waals surface area contributed by atoms with Crippen molar-refractivity contribution in [2.24, 2.45) is 0 Å². The number of pyridine rings is 1. The minimum absolute atomic E-state index is 0.0118. The molecule has 1 aromatic rings. The Morgan fingerprint density at radius 1 is 1.25 bits per heavy atom. The van der Waals surface area contributed by atoms with Crippen molar-refractivity contribution in [1.82, 2.24) is 10.3 Å². The summed E-state index contributed by atoms with van der Waals surface area (Å²) in [6.07, 6.45) is 4.65. The molecular formula is C16H27N3O. The first-order valence-corrected chi connectivity index (χ1v) is 7.56. The maximum atomic E-state index is 12.2. The smallest absolute Gasteiger partial charge is 0.251 e. The Morgan fingerprint density at radius 3 is 2.60 bits per heavy atom. The molecule has 20 heavy (non-hydrogen) atoms. The van der Waals surface area contributed by atoms with E-state index in [1.165, 1.54) is 19.3 Å². The monoisotopic (exact) mass is 277 g/mol. The molecule has 0 aliphatic heterocycles. The number of carbonyl (C=O) groups is 1. The van der Waals surface area contributed by atoms with E-state index < -0.39 is 0 Å². The number of amides is 1. The number of unbranched alkanes of at least 4 members (excludes halogenated alkanes) is 3. The second-order valence-electron chi connectivity index (χ2n) is 5.39. The zero-order chi connectivity index (χ0) is 15.0. The van der Waals surface area contributed by atoms with Gasteiger partial charge in [0.05, 0.1) is 0 Å². The third-order valence-electron chi connectivity index (χ3n) is 3.27. The van der Waals surface area contributed by atoms with Crippen LogP contribution in [0.5, 0.6) is 0 Å². The first-order valence-electron chi connectivity index (χ1n) is 7.56. The Labute approximate surface area is 122 Å². The number of nitrogens with one attached hydrogen (secondary N) is 2. The Balaban J connectivity index is 2.64. The van der Waals surface area contributed by atoms with E-state index in [-0.39, 0.29) is 5.91 Å². The normalized spacial score (nSPS) is 10.7. The van der Waals surface area contributed by atoms with Gasteiger partial charge < -0.3 is 10.6 Å². The molecule has 0 spiro atoms. The topological polar surface area (TPSA) is 54.0 Å². The Bertz CT molecular complexity index is 430. The van der Waals surface area contributed by atoms with Gasteiger partial charge in [0.15, 0.2) is 0 Å². The highest BCUT2D eigenvalue weighted by Crippen LogP contribution is 2.17. The summed E-state index contributed by atoms with van der Waals surface area (Å²) in [7, 11) is 1.82. The van der Waals surface area contributed by atoms with Gasteiger partial charge in [-0.3, -0.25) is 4.79 Å². The van der Waals surface area contributed by atoms with Crippen molar-refractivity contribution in [1.29, 1.82) is 0 Å². The van der Waals surface area contributed by atoms with Crippen LogP contribution in [0.1, 0.15) is 68.4 Å². The average molecular weight is 277 g/mol. The summed E-state index contributed by atoms with van der Waals surface area (Å²) in [6.45, 7) is 7.08. The highest BCUT2D eigenvalue weighted by atomic mass is 16.1. The Kier molecular flexibility index (Phi) is 7.05. The average Bonchev–Trinajstić information content (AvgIpc) is 2.46. The lowest BCUT2D eigenvalue weighted by atomic mass is 10.1. The van der Waals surface area contributed by atoms with E-state index in [0.29, 0.717) is 11.5 Å². The van der Waals surface area contributed by atoms with Crippen LogP contribution >= 0.6 is 0 Å². The second-order valence-corrected chi connectivity index (χ2v) is 5.39. The maximum absolute atomic E-state index is 12.2. The van der Waals surface area contributed by atoms with Gasteiger partial charge in [-0.05, 0) is 24.5 Å². The Hall–Kier alpha value is -1.58. The molecule has 0 fully saturated rings. The van der Waals surface area contributed by atoms with Crippen LogP contribution in [0.2, 0.25) is 0 Å². The number of nitrogens with zero attached hydrogens (tertiary/aromatic N) is 1. The van der Waals surface area contributed by atoms with E-state index in [4.69, 9.17) is 0 Å². The summed E-state index contributed by atoms with van der Waals surface area (Å²) < 4.78 is 0. The second kappa shape index (κ2) is 8.56. The molecule has 1 rings (SSSR count). The molecule has 0 atom stereocenters. The van der Waals surface area contributed by atoms with Gasteiger partial charge in [0.2, 0.25) is 0 Å². The molecular weight excluding hydrogens is 250 g/mol. The first kappa shape index (κ1) is 16.5. The molecule has 0 aromatic carbocycles. The van der Waals surface area contributed by atoms with Gasteiger partial charge in [-0.1, -0.05) is 40.0 Å². The van der Waals surface area contributed by atoms with Crippen LogP contribution in [0.15, 0.2) is 12.1 Å². The van der Waals surface area contributed by atoms with Crippen LogP contribution in [0.25, 0.3) is 0 Å². The molecule has 4 nitrogen and oxygen atoms in total. The van der Waals surface area contributed by atoms with Crippen molar-refractivity contribution in [2.75, 3.05) is 18.9 Å². The molecule has 0 aliphatic rings. The van der Waals surface area contributed by atoms with Crippen molar-refractivity contribution < 1.29 is 4.79 Å². The van der Waals surface area contributed by atoms with Crippen LogP contribution < -0.4 is 10.6 Å². The van der Waals surface area contributed by atoms with Crippen LogP contribution in [-0.4, -0.2) is 24.5 Å². The standard InChI is InChI=1S/C16H27N3O/c1-5-6-7-8-9-18-16(20)13-10-14(12(2)3)19-15(11-13)17-4/h10-12H,5-9H2,1-4H3,(H,17,19)(H,18,20). The van der Waals surface area contributed by atoms with E-state index in [2.05, 4.69) is 36.4 Å². The molecule has 0 aliphatic carbocycles. The minimum atomic E-state index is -0.0118. The molecule has 0 radical (unpaired) electrons. The SMILES string of the molecule is CCCCCCNC(=O)c1cc(NC)nc(C(C)C)c1. The van der Waals surface area contributed by atoms with Crippen LogP contribution in [0.4, 0.5) is 5.82 Å². The molecule has 0 unspecified atom stereocenters. The number of hydrogen-bond donors (Lipinski definition) is 2. The highest BCUT2D eigenvalue weighted by Gasteiger charge is 2.11. The van der Waals surface area contributed by atoms with Crippen molar-refractivity contribution in [3.05, 3.63) is 23.4 Å². The summed E-state index contributed by atoms with van der Waals surface area (Å²) in [4.78, 5) is 16.6. The molecule has 4 heteroatoms. The molecule has 0 saturated heterocycles. The quantitative estimate of drug-likeness (QED) is 0.714. The predicted octanol–water partition coefficient (Wildman–Crippen LogP) is 3.56. The largest absolute Gasteiger partial charge is 0.373 e. The molecule has 0 bridgehead atoms. The fourth-order valence-corrected chi connectivity index (χ4v) is 1.96. The number of anilines is 1. The van der Waals surface area contributed by atoms with Gasteiger partial charge in [-0.15, -0.1) is 0 Å². The molecule has 0 saturated carbocycles.